The summed E-state index contributed by atoms with van der Waals surface area (Å²) in [5.41, 5.74) is 0. The molecule has 3 heteroatoms. The van der Waals surface area contributed by atoms with Crippen LogP contribution in [0.15, 0.2) is 0 Å². The summed E-state index contributed by atoms with van der Waals surface area (Å²) in [5.74, 6) is 0. The first-order valence-electron chi connectivity index (χ1n) is 2.83. The minimum Gasteiger partial charge on any atom is -0.249 e. The van der Waals surface area contributed by atoms with Gasteiger partial charge in [0.05, 0.1) is 0 Å². The van der Waals surface area contributed by atoms with Crippen LogP contribution in [-0.2, 0) is 0 Å². The summed E-state index contributed by atoms with van der Waals surface area (Å²) in [7, 11) is 0. The third-order valence-corrected chi connectivity index (χ3v) is 2.75. The van der Waals surface area contributed by atoms with Gasteiger partial charge >= 0.3 is 0 Å². The molecule has 0 aromatic carbocycles. The number of nitrogens with zero attached hydrogens (tertiary/aromatic N) is 1. The third-order valence-electron chi connectivity index (χ3n) is 1.48. The summed E-state index contributed by atoms with van der Waals surface area (Å²) < 4.78 is 14.0. The summed E-state index contributed by atoms with van der Waals surface area (Å²) >= 11 is 2.19. The fraction of sp³-hybridized carbons (Fsp3) is 1.00. The second-order valence-corrected chi connectivity index (χ2v) is 3.31. The van der Waals surface area contributed by atoms with Crippen molar-refractivity contribution in [2.45, 2.75) is 18.9 Å². The zero-order chi connectivity index (χ0) is 5.98. The van der Waals surface area contributed by atoms with Gasteiger partial charge in [-0.3, -0.25) is 0 Å². The highest BCUT2D eigenvalue weighted by molar-refractivity contribution is 14.1. The van der Waals surface area contributed by atoms with E-state index in [1.54, 1.807) is 0 Å². The molecule has 1 fully saturated rings. The van der Waals surface area contributed by atoms with Crippen molar-refractivity contribution in [1.29, 1.82) is 0 Å². The summed E-state index contributed by atoms with van der Waals surface area (Å²) in [6, 6.07) is 0.218. The molecule has 1 rings (SSSR count). The molecule has 1 saturated heterocycles. The molecule has 0 saturated carbocycles. The third kappa shape index (κ3) is 1.31. The van der Waals surface area contributed by atoms with Gasteiger partial charge in [-0.05, 0) is 12.8 Å². The average molecular weight is 229 g/mol. The lowest BCUT2D eigenvalue weighted by molar-refractivity contribution is 0.349. The summed E-state index contributed by atoms with van der Waals surface area (Å²) in [5, 5.41) is 0. The molecule has 0 aliphatic carbocycles. The average Bonchev–Trinajstić information content (AvgIpc) is 2.14. The Labute approximate surface area is 62.7 Å². The second-order valence-electron chi connectivity index (χ2n) is 2.07. The van der Waals surface area contributed by atoms with E-state index in [0.717, 1.165) is 19.4 Å². The van der Waals surface area contributed by atoms with Crippen LogP contribution in [0.25, 0.3) is 0 Å². The van der Waals surface area contributed by atoms with Crippen LogP contribution < -0.4 is 0 Å². The van der Waals surface area contributed by atoms with E-state index in [4.69, 9.17) is 0 Å². The molecule has 0 unspecified atom stereocenters. The Hall–Kier alpha value is 0.620. The van der Waals surface area contributed by atoms with Crippen LogP contribution in [0.4, 0.5) is 4.39 Å². The van der Waals surface area contributed by atoms with Crippen molar-refractivity contribution in [2.75, 3.05) is 13.2 Å². The zero-order valence-corrected chi connectivity index (χ0v) is 6.77. The number of halogens is 2. The molecule has 8 heavy (non-hydrogen) atoms. The van der Waals surface area contributed by atoms with E-state index >= 15 is 0 Å². The summed E-state index contributed by atoms with van der Waals surface area (Å²) in [4.78, 5) is 0. The Bertz CT molecular complexity index is 78.8. The first-order chi connectivity index (χ1) is 3.84. The topological polar surface area (TPSA) is 3.24 Å². The van der Waals surface area contributed by atoms with E-state index in [2.05, 4.69) is 26.0 Å². The molecule has 1 aliphatic rings. The Kier molecular flexibility index (Phi) is 2.49. The molecule has 1 atom stereocenters. The first kappa shape index (κ1) is 6.74. The van der Waals surface area contributed by atoms with Crippen LogP contribution in [0, 0.1) is 0 Å². The summed E-state index contributed by atoms with van der Waals surface area (Å²) in [6.07, 6.45) is 2.21. The Morgan fingerprint density at radius 1 is 1.75 bits per heavy atom. The normalized spacial score (nSPS) is 31.5. The molecule has 0 spiro atoms. The molecule has 0 radical (unpaired) electrons. The number of alkyl halides is 1. The van der Waals surface area contributed by atoms with Gasteiger partial charge in [0, 0.05) is 35.5 Å². The maximum atomic E-state index is 11.9. The van der Waals surface area contributed by atoms with Crippen molar-refractivity contribution in [3.63, 3.8) is 0 Å². The largest absolute Gasteiger partial charge is 0.249 e. The molecule has 48 valence electrons. The van der Waals surface area contributed by atoms with Gasteiger partial charge in [-0.2, -0.15) is 0 Å². The van der Waals surface area contributed by atoms with Gasteiger partial charge in [0.2, 0.25) is 0 Å². The monoisotopic (exact) mass is 229 g/mol. The van der Waals surface area contributed by atoms with Crippen LogP contribution in [0.2, 0.25) is 0 Å². The lowest BCUT2D eigenvalue weighted by Gasteiger charge is -2.11. The minimum atomic E-state index is -0.178. The van der Waals surface area contributed by atoms with E-state index in [1.165, 1.54) is 0 Å². The molecular weight excluding hydrogens is 220 g/mol. The van der Waals surface area contributed by atoms with E-state index < -0.39 is 0 Å². The Morgan fingerprint density at radius 2 is 2.50 bits per heavy atom. The van der Waals surface area contributed by atoms with Gasteiger partial charge in [0.1, 0.15) is 6.67 Å². The Balaban J connectivity index is 2.30. The smallest absolute Gasteiger partial charge is 0.106 e. The summed E-state index contributed by atoms with van der Waals surface area (Å²) in [6.45, 7) is 0.887. The molecule has 1 nitrogen and oxygen atoms in total. The fourth-order valence-electron chi connectivity index (χ4n) is 0.953. The predicted molar refractivity (Wildman–Crippen MR) is 39.7 cm³/mol. The van der Waals surface area contributed by atoms with Crippen molar-refractivity contribution in [3.8, 4) is 0 Å². The highest BCUT2D eigenvalue weighted by Crippen LogP contribution is 2.20. The lowest BCUT2D eigenvalue weighted by atomic mass is 10.2. The minimum absolute atomic E-state index is 0.178. The highest BCUT2D eigenvalue weighted by Gasteiger charge is 2.21. The maximum absolute atomic E-state index is 11.9. The second kappa shape index (κ2) is 2.96. The van der Waals surface area contributed by atoms with Gasteiger partial charge in [-0.25, -0.2) is 7.50 Å². The van der Waals surface area contributed by atoms with Crippen LogP contribution in [0.1, 0.15) is 12.8 Å². The SMILES string of the molecule is FC[C@@H]1CCCN1I. The van der Waals surface area contributed by atoms with Crippen molar-refractivity contribution in [1.82, 2.24) is 3.11 Å². The van der Waals surface area contributed by atoms with Gasteiger partial charge in [0.25, 0.3) is 0 Å². The molecule has 1 aliphatic heterocycles. The molecule has 1 heterocycles. The van der Waals surface area contributed by atoms with Crippen molar-refractivity contribution >= 4 is 22.9 Å². The molecule has 0 amide bonds. The maximum Gasteiger partial charge on any atom is 0.106 e. The molecule has 0 bridgehead atoms. The molecular formula is C5H9FIN. The standard InChI is InChI=1S/C5H9FIN/c6-4-5-2-1-3-8(5)7/h5H,1-4H2/t5-/m0/s1. The van der Waals surface area contributed by atoms with E-state index in [0.29, 0.717) is 0 Å². The quantitative estimate of drug-likeness (QED) is 0.489. The van der Waals surface area contributed by atoms with Crippen molar-refractivity contribution in [2.24, 2.45) is 0 Å². The highest BCUT2D eigenvalue weighted by atomic mass is 127. The number of rotatable bonds is 1. The van der Waals surface area contributed by atoms with E-state index in [9.17, 15) is 4.39 Å². The van der Waals surface area contributed by atoms with Crippen LogP contribution >= 0.6 is 22.9 Å². The van der Waals surface area contributed by atoms with Crippen molar-refractivity contribution in [3.05, 3.63) is 0 Å². The molecule has 0 aromatic rings. The number of hydrogen-bond acceptors (Lipinski definition) is 1. The van der Waals surface area contributed by atoms with Crippen molar-refractivity contribution < 1.29 is 4.39 Å². The first-order valence-corrected chi connectivity index (χ1v) is 3.79. The molecule has 0 aromatic heterocycles. The van der Waals surface area contributed by atoms with E-state index in [1.807, 2.05) is 0 Å². The van der Waals surface area contributed by atoms with Gasteiger partial charge in [-0.1, -0.05) is 0 Å². The van der Waals surface area contributed by atoms with Gasteiger partial charge in [0.15, 0.2) is 0 Å². The van der Waals surface area contributed by atoms with Crippen LogP contribution in [-0.4, -0.2) is 22.4 Å². The van der Waals surface area contributed by atoms with Gasteiger partial charge in [-0.15, -0.1) is 0 Å². The predicted octanol–water partition coefficient (Wildman–Crippen LogP) is 1.77. The number of hydrogen-bond donors (Lipinski definition) is 0. The van der Waals surface area contributed by atoms with Crippen LogP contribution in [0.5, 0.6) is 0 Å². The fourth-order valence-corrected chi connectivity index (χ4v) is 1.72. The van der Waals surface area contributed by atoms with E-state index in [-0.39, 0.29) is 12.7 Å². The zero-order valence-electron chi connectivity index (χ0n) is 4.61. The molecule has 0 N–H and O–H groups in total. The van der Waals surface area contributed by atoms with Crippen LogP contribution in [0.3, 0.4) is 0 Å². The lowest BCUT2D eigenvalue weighted by Crippen LogP contribution is -2.20. The van der Waals surface area contributed by atoms with Gasteiger partial charge < -0.3 is 0 Å². The Morgan fingerprint density at radius 3 is 2.75 bits per heavy atom.